The van der Waals surface area contributed by atoms with E-state index in [0.29, 0.717) is 18.5 Å². The van der Waals surface area contributed by atoms with Crippen molar-refractivity contribution in [3.8, 4) is 5.88 Å². The van der Waals surface area contributed by atoms with Gasteiger partial charge in [-0.05, 0) is 30.2 Å². The van der Waals surface area contributed by atoms with Gasteiger partial charge in [0.2, 0.25) is 10.0 Å². The van der Waals surface area contributed by atoms with Gasteiger partial charge in [-0.1, -0.05) is 30.3 Å². The van der Waals surface area contributed by atoms with Gasteiger partial charge in [-0.2, -0.15) is 0 Å². The van der Waals surface area contributed by atoms with Crippen LogP contribution in [0.2, 0.25) is 0 Å². The van der Waals surface area contributed by atoms with Gasteiger partial charge in [0.1, 0.15) is 0 Å². The molecule has 0 aliphatic carbocycles. The van der Waals surface area contributed by atoms with Crippen molar-refractivity contribution in [3.63, 3.8) is 0 Å². The molecule has 0 aliphatic heterocycles. The molecule has 0 bridgehead atoms. The molecule has 0 saturated heterocycles. The highest BCUT2D eigenvalue weighted by molar-refractivity contribution is 7.89. The van der Waals surface area contributed by atoms with Crippen molar-refractivity contribution in [3.05, 3.63) is 59.7 Å². The highest BCUT2D eigenvalue weighted by Crippen LogP contribution is 2.25. The first-order valence-corrected chi connectivity index (χ1v) is 8.91. The predicted octanol–water partition coefficient (Wildman–Crippen LogP) is 2.18. The Labute approximate surface area is 139 Å². The zero-order valence-electron chi connectivity index (χ0n) is 12.8. The third kappa shape index (κ3) is 3.47. The summed E-state index contributed by atoms with van der Waals surface area (Å²) < 4.78 is 22.4. The van der Waals surface area contributed by atoms with Crippen molar-refractivity contribution < 1.29 is 13.5 Å². The van der Waals surface area contributed by atoms with Gasteiger partial charge >= 0.3 is 0 Å². The van der Waals surface area contributed by atoms with Crippen LogP contribution in [0.3, 0.4) is 0 Å². The molecular formula is C17H17N3O3S. The van der Waals surface area contributed by atoms with Crippen LogP contribution in [-0.4, -0.2) is 31.3 Å². The van der Waals surface area contributed by atoms with E-state index in [9.17, 15) is 13.5 Å². The molecule has 0 spiro atoms. The van der Waals surface area contributed by atoms with E-state index in [1.807, 2.05) is 24.3 Å². The lowest BCUT2D eigenvalue weighted by Gasteiger charge is -2.01. The summed E-state index contributed by atoms with van der Waals surface area (Å²) in [5.74, 6) is 0.0949. The van der Waals surface area contributed by atoms with Crippen LogP contribution in [-0.2, 0) is 16.4 Å². The van der Waals surface area contributed by atoms with Gasteiger partial charge in [-0.3, -0.25) is 4.99 Å². The largest absolute Gasteiger partial charge is 0.494 e. The van der Waals surface area contributed by atoms with Crippen molar-refractivity contribution in [2.24, 2.45) is 10.1 Å². The lowest BCUT2D eigenvalue weighted by molar-refractivity contribution is 0.457. The molecule has 0 fully saturated rings. The molecule has 24 heavy (non-hydrogen) atoms. The van der Waals surface area contributed by atoms with Crippen LogP contribution in [0, 0.1) is 0 Å². The molecule has 2 aromatic carbocycles. The fraction of sp³-hybridized carbons (Fsp3) is 0.118. The molecule has 6 nitrogen and oxygen atoms in total. The number of sulfonamides is 1. The summed E-state index contributed by atoms with van der Waals surface area (Å²) in [4.78, 5) is 7.34. The fourth-order valence-corrected chi connectivity index (χ4v) is 2.99. The third-order valence-corrected chi connectivity index (χ3v) is 4.66. The van der Waals surface area contributed by atoms with Crippen molar-refractivity contribution >= 4 is 27.1 Å². The maximum absolute atomic E-state index is 11.2. The van der Waals surface area contributed by atoms with Gasteiger partial charge in [-0.25, -0.2) is 13.6 Å². The zero-order valence-corrected chi connectivity index (χ0v) is 13.6. The number of fused-ring (bicyclic) bond motifs is 1. The van der Waals surface area contributed by atoms with E-state index in [2.05, 4.69) is 9.98 Å². The first-order chi connectivity index (χ1) is 11.4. The second kappa shape index (κ2) is 6.46. The average molecular weight is 343 g/mol. The Morgan fingerprint density at radius 2 is 1.83 bits per heavy atom. The Morgan fingerprint density at radius 3 is 2.54 bits per heavy atom. The lowest BCUT2D eigenvalue weighted by atomic mass is 10.1. The molecule has 7 heteroatoms. The molecule has 1 aromatic heterocycles. The van der Waals surface area contributed by atoms with E-state index in [1.54, 1.807) is 18.3 Å². The summed E-state index contributed by atoms with van der Waals surface area (Å²) in [7, 11) is -3.66. The van der Waals surface area contributed by atoms with Gasteiger partial charge < -0.3 is 10.1 Å². The number of nitrogens with one attached hydrogen (secondary N) is 1. The van der Waals surface area contributed by atoms with Gasteiger partial charge in [0, 0.05) is 23.7 Å². The predicted molar refractivity (Wildman–Crippen MR) is 93.9 cm³/mol. The average Bonchev–Trinajstić information content (AvgIpc) is 2.87. The second-order valence-corrected chi connectivity index (χ2v) is 6.97. The summed E-state index contributed by atoms with van der Waals surface area (Å²) >= 11 is 0. The molecule has 0 aliphatic rings. The number of para-hydroxylation sites is 1. The van der Waals surface area contributed by atoms with Crippen molar-refractivity contribution in [1.29, 1.82) is 0 Å². The van der Waals surface area contributed by atoms with Crippen LogP contribution >= 0.6 is 0 Å². The van der Waals surface area contributed by atoms with Gasteiger partial charge in [-0.15, -0.1) is 0 Å². The second-order valence-electron chi connectivity index (χ2n) is 5.41. The zero-order chi connectivity index (χ0) is 17.2. The maximum atomic E-state index is 11.2. The number of primary sulfonamides is 1. The monoisotopic (exact) mass is 343 g/mol. The first kappa shape index (κ1) is 16.2. The normalized spacial score (nSPS) is 12.2. The van der Waals surface area contributed by atoms with Gasteiger partial charge in [0.15, 0.2) is 5.88 Å². The molecule has 0 amide bonds. The molecule has 4 N–H and O–H groups in total. The minimum Gasteiger partial charge on any atom is -0.494 e. The standard InChI is InChI=1S/C17H17N3O3S/c18-24(22,23)13-7-5-12(6-8-13)9-10-19-11-15-14-3-1-2-4-16(14)20-17(15)21/h1-8,11,20-21H,9-10H2,(H2,18,22,23). The van der Waals surface area contributed by atoms with Crippen LogP contribution in [0.4, 0.5) is 0 Å². The molecule has 0 saturated carbocycles. The van der Waals surface area contributed by atoms with E-state index >= 15 is 0 Å². The summed E-state index contributed by atoms with van der Waals surface area (Å²) in [6, 6.07) is 14.0. The maximum Gasteiger partial charge on any atom is 0.238 e. The Hall–Kier alpha value is -2.64. The number of nitrogens with two attached hydrogens (primary N) is 1. The number of rotatable bonds is 5. The third-order valence-electron chi connectivity index (χ3n) is 3.73. The fourth-order valence-electron chi connectivity index (χ4n) is 2.48. The number of aromatic hydroxyl groups is 1. The topological polar surface area (TPSA) is 109 Å². The molecule has 3 aromatic rings. The van der Waals surface area contributed by atoms with E-state index in [1.165, 1.54) is 12.1 Å². The minimum absolute atomic E-state index is 0.0949. The van der Waals surface area contributed by atoms with Crippen LogP contribution in [0.25, 0.3) is 10.9 Å². The number of aromatic amines is 1. The van der Waals surface area contributed by atoms with Crippen LogP contribution in [0.5, 0.6) is 5.88 Å². The molecule has 0 atom stereocenters. The lowest BCUT2D eigenvalue weighted by Crippen LogP contribution is -2.11. The van der Waals surface area contributed by atoms with Gasteiger partial charge in [0.25, 0.3) is 0 Å². The SMILES string of the molecule is NS(=O)(=O)c1ccc(CCN=Cc2c(O)[nH]c3ccccc23)cc1. The van der Waals surface area contributed by atoms with Crippen LogP contribution in [0.15, 0.2) is 58.4 Å². The molecular weight excluding hydrogens is 326 g/mol. The van der Waals surface area contributed by atoms with E-state index in [4.69, 9.17) is 5.14 Å². The van der Waals surface area contributed by atoms with E-state index in [0.717, 1.165) is 16.5 Å². The smallest absolute Gasteiger partial charge is 0.238 e. The summed E-state index contributed by atoms with van der Waals surface area (Å²) in [6.45, 7) is 0.521. The quantitative estimate of drug-likeness (QED) is 0.618. The number of nitrogens with zero attached hydrogens (tertiary/aromatic N) is 1. The number of hydrogen-bond donors (Lipinski definition) is 3. The molecule has 0 radical (unpaired) electrons. The number of hydrogen-bond acceptors (Lipinski definition) is 4. The summed E-state index contributed by atoms with van der Waals surface area (Å²) in [5, 5.41) is 15.9. The van der Waals surface area contributed by atoms with Gasteiger partial charge in [0.05, 0.1) is 10.5 Å². The molecule has 124 valence electrons. The molecule has 1 heterocycles. The molecule has 3 rings (SSSR count). The van der Waals surface area contributed by atoms with Crippen molar-refractivity contribution in [2.75, 3.05) is 6.54 Å². The molecule has 0 unspecified atom stereocenters. The summed E-state index contributed by atoms with van der Waals surface area (Å²) in [6.07, 6.45) is 2.30. The number of H-pyrrole nitrogens is 1. The van der Waals surface area contributed by atoms with E-state index < -0.39 is 10.0 Å². The number of benzene rings is 2. The van der Waals surface area contributed by atoms with Crippen molar-refractivity contribution in [1.82, 2.24) is 4.98 Å². The highest BCUT2D eigenvalue weighted by Gasteiger charge is 2.08. The first-order valence-electron chi connectivity index (χ1n) is 7.36. The minimum atomic E-state index is -3.66. The number of aliphatic imine (C=N–C) groups is 1. The Kier molecular flexibility index (Phi) is 4.37. The Bertz CT molecular complexity index is 990. The summed E-state index contributed by atoms with van der Waals surface area (Å²) in [5.41, 5.74) is 2.48. The van der Waals surface area contributed by atoms with Crippen LogP contribution < -0.4 is 5.14 Å². The Balaban J connectivity index is 1.67. The highest BCUT2D eigenvalue weighted by atomic mass is 32.2. The number of aromatic nitrogens is 1. The van der Waals surface area contributed by atoms with E-state index in [-0.39, 0.29) is 10.8 Å². The van der Waals surface area contributed by atoms with Crippen LogP contribution in [0.1, 0.15) is 11.1 Å². The van der Waals surface area contributed by atoms with Crippen molar-refractivity contribution in [2.45, 2.75) is 11.3 Å². The Morgan fingerprint density at radius 1 is 1.12 bits per heavy atom.